The first-order chi connectivity index (χ1) is 30.5. The van der Waals surface area contributed by atoms with Crippen LogP contribution in [0.3, 0.4) is 0 Å². The number of ether oxygens (including phenoxy) is 3. The molecule has 0 bridgehead atoms. The molecule has 6 heteroatoms. The van der Waals surface area contributed by atoms with Crippen LogP contribution in [-0.4, -0.2) is 37.2 Å². The van der Waals surface area contributed by atoms with Gasteiger partial charge in [-0.2, -0.15) is 0 Å². The van der Waals surface area contributed by atoms with E-state index in [9.17, 15) is 14.4 Å². The molecule has 0 aliphatic rings. The van der Waals surface area contributed by atoms with E-state index in [1.54, 1.807) is 0 Å². The van der Waals surface area contributed by atoms with E-state index in [0.29, 0.717) is 19.3 Å². The summed E-state index contributed by atoms with van der Waals surface area (Å²) < 4.78 is 16.7. The van der Waals surface area contributed by atoms with E-state index in [-0.39, 0.29) is 31.1 Å². The second-order valence-electron chi connectivity index (χ2n) is 16.0. The molecule has 0 N–H and O–H groups in total. The van der Waals surface area contributed by atoms with Crippen molar-refractivity contribution in [2.75, 3.05) is 13.2 Å². The van der Waals surface area contributed by atoms with Crippen LogP contribution in [0.2, 0.25) is 0 Å². The third-order valence-corrected chi connectivity index (χ3v) is 10.1. The Labute approximate surface area is 380 Å². The third kappa shape index (κ3) is 47.1. The van der Waals surface area contributed by atoms with Crippen molar-refractivity contribution in [3.05, 3.63) is 109 Å². The van der Waals surface area contributed by atoms with Gasteiger partial charge >= 0.3 is 17.9 Å². The first-order valence-electron chi connectivity index (χ1n) is 24.9. The van der Waals surface area contributed by atoms with Crippen molar-refractivity contribution >= 4 is 17.9 Å². The van der Waals surface area contributed by atoms with Gasteiger partial charge in [0.1, 0.15) is 13.2 Å². The Morgan fingerprint density at radius 3 is 1.19 bits per heavy atom. The molecule has 0 aromatic heterocycles. The second-order valence-corrected chi connectivity index (χ2v) is 16.0. The molecule has 1 atom stereocenters. The predicted molar refractivity (Wildman–Crippen MR) is 265 cm³/mol. The smallest absolute Gasteiger partial charge is 0.306 e. The fraction of sp³-hybridized carbons (Fsp3) is 0.625. The standard InChI is InChI=1S/C56H90O6/c1-4-7-10-13-16-19-22-25-26-27-28-29-30-32-34-37-40-43-46-49-55(58)61-52-53(51-60-54(57)48-45-42-39-36-33-24-21-18-15-12-9-6-3)62-56(59)50-47-44-41-38-35-31-23-20-17-14-11-8-5-2/h7-8,10-11,14,16-21,23,25-26,28-29,32,34,53H,4-6,9,12-13,15,22,24,27,30-31,33,35-52H2,1-3H3/b10-7-,11-8-,17-14-,19-16-,21-18-,23-20-,26-25-,29-28-,34-32-. The van der Waals surface area contributed by atoms with Crippen LogP contribution in [0, 0.1) is 0 Å². The van der Waals surface area contributed by atoms with Gasteiger partial charge < -0.3 is 14.2 Å². The van der Waals surface area contributed by atoms with Crippen LogP contribution in [-0.2, 0) is 28.6 Å². The fourth-order valence-corrected chi connectivity index (χ4v) is 6.34. The lowest BCUT2D eigenvalue weighted by molar-refractivity contribution is -0.167. The lowest BCUT2D eigenvalue weighted by Crippen LogP contribution is -2.30. The van der Waals surface area contributed by atoms with Crippen LogP contribution in [0.5, 0.6) is 0 Å². The molecule has 0 aliphatic heterocycles. The maximum atomic E-state index is 12.8. The molecule has 0 saturated carbocycles. The van der Waals surface area contributed by atoms with Crippen LogP contribution < -0.4 is 0 Å². The number of rotatable bonds is 43. The number of carbonyl (C=O) groups excluding carboxylic acids is 3. The van der Waals surface area contributed by atoms with E-state index in [0.717, 1.165) is 135 Å². The molecule has 0 fully saturated rings. The molecule has 0 saturated heterocycles. The molecule has 0 heterocycles. The van der Waals surface area contributed by atoms with Gasteiger partial charge in [0.2, 0.25) is 0 Å². The van der Waals surface area contributed by atoms with Crippen LogP contribution >= 0.6 is 0 Å². The maximum absolute atomic E-state index is 12.8. The van der Waals surface area contributed by atoms with Crippen molar-refractivity contribution in [3.63, 3.8) is 0 Å². The molecular formula is C56H90O6. The van der Waals surface area contributed by atoms with Gasteiger partial charge in [0.15, 0.2) is 6.10 Å². The quantitative estimate of drug-likeness (QED) is 0.0200. The zero-order valence-electron chi connectivity index (χ0n) is 39.8. The minimum Gasteiger partial charge on any atom is -0.462 e. The molecule has 0 radical (unpaired) electrons. The summed E-state index contributed by atoms with van der Waals surface area (Å²) in [6, 6.07) is 0. The summed E-state index contributed by atoms with van der Waals surface area (Å²) in [7, 11) is 0. The first-order valence-corrected chi connectivity index (χ1v) is 24.9. The molecule has 0 aromatic carbocycles. The van der Waals surface area contributed by atoms with Crippen LogP contribution in [0.15, 0.2) is 109 Å². The fourth-order valence-electron chi connectivity index (χ4n) is 6.34. The summed E-state index contributed by atoms with van der Waals surface area (Å²) in [6.07, 6.45) is 66.4. The SMILES string of the molecule is CC\C=C/C=C\C=C/CCCCCCCC(=O)OC(COC(=O)CCCCC/C=C\C/C=C\C/C=C\C/C=C\C/C=C\CC)COC(=O)CCCCCCC/C=C\CCCCC. The summed E-state index contributed by atoms with van der Waals surface area (Å²) in [5.41, 5.74) is 0. The lowest BCUT2D eigenvalue weighted by Gasteiger charge is -2.18. The van der Waals surface area contributed by atoms with Crippen molar-refractivity contribution in [2.45, 2.75) is 213 Å². The molecule has 0 aromatic rings. The molecular weight excluding hydrogens is 769 g/mol. The van der Waals surface area contributed by atoms with Gasteiger partial charge in [-0.15, -0.1) is 0 Å². The monoisotopic (exact) mass is 859 g/mol. The summed E-state index contributed by atoms with van der Waals surface area (Å²) in [6.45, 7) is 6.29. The maximum Gasteiger partial charge on any atom is 0.306 e. The Balaban J connectivity index is 4.48. The summed E-state index contributed by atoms with van der Waals surface area (Å²) in [5.74, 6) is -0.975. The van der Waals surface area contributed by atoms with Gasteiger partial charge in [0.25, 0.3) is 0 Å². The molecule has 0 aliphatic carbocycles. The van der Waals surface area contributed by atoms with E-state index < -0.39 is 6.10 Å². The van der Waals surface area contributed by atoms with E-state index >= 15 is 0 Å². The largest absolute Gasteiger partial charge is 0.462 e. The number of hydrogen-bond acceptors (Lipinski definition) is 6. The minimum atomic E-state index is -0.806. The Bertz CT molecular complexity index is 1310. The predicted octanol–water partition coefficient (Wildman–Crippen LogP) is 16.4. The van der Waals surface area contributed by atoms with E-state index in [1.165, 1.54) is 32.1 Å². The normalized spacial score (nSPS) is 13.0. The van der Waals surface area contributed by atoms with Crippen molar-refractivity contribution in [1.29, 1.82) is 0 Å². The lowest BCUT2D eigenvalue weighted by atomic mass is 10.1. The van der Waals surface area contributed by atoms with E-state index in [1.807, 2.05) is 6.08 Å². The van der Waals surface area contributed by atoms with Crippen molar-refractivity contribution in [1.82, 2.24) is 0 Å². The number of hydrogen-bond donors (Lipinski definition) is 0. The first kappa shape index (κ1) is 58.1. The van der Waals surface area contributed by atoms with Gasteiger partial charge in [0.05, 0.1) is 0 Å². The zero-order valence-corrected chi connectivity index (χ0v) is 39.8. The zero-order chi connectivity index (χ0) is 45.1. The highest BCUT2D eigenvalue weighted by Gasteiger charge is 2.19. The highest BCUT2D eigenvalue weighted by atomic mass is 16.6. The molecule has 62 heavy (non-hydrogen) atoms. The number of carbonyl (C=O) groups is 3. The summed E-state index contributed by atoms with van der Waals surface area (Å²) >= 11 is 0. The molecule has 6 nitrogen and oxygen atoms in total. The number of allylic oxidation sites excluding steroid dienone is 18. The Hall–Kier alpha value is -3.93. The van der Waals surface area contributed by atoms with Crippen LogP contribution in [0.1, 0.15) is 207 Å². The summed E-state index contributed by atoms with van der Waals surface area (Å²) in [4.78, 5) is 37.9. The van der Waals surface area contributed by atoms with Gasteiger partial charge in [-0.25, -0.2) is 0 Å². The third-order valence-electron chi connectivity index (χ3n) is 10.1. The molecule has 0 amide bonds. The van der Waals surface area contributed by atoms with Gasteiger partial charge in [-0.05, 0) is 109 Å². The average molecular weight is 859 g/mol. The Kier molecular flexibility index (Phi) is 46.6. The van der Waals surface area contributed by atoms with E-state index in [2.05, 4.69) is 124 Å². The highest BCUT2D eigenvalue weighted by molar-refractivity contribution is 5.71. The molecule has 1 unspecified atom stereocenters. The Morgan fingerprint density at radius 1 is 0.355 bits per heavy atom. The van der Waals surface area contributed by atoms with Gasteiger partial charge in [0, 0.05) is 19.3 Å². The molecule has 0 spiro atoms. The Morgan fingerprint density at radius 2 is 0.710 bits per heavy atom. The van der Waals surface area contributed by atoms with Crippen LogP contribution in [0.25, 0.3) is 0 Å². The number of unbranched alkanes of at least 4 members (excludes halogenated alkanes) is 16. The highest BCUT2D eigenvalue weighted by Crippen LogP contribution is 2.12. The average Bonchev–Trinajstić information content (AvgIpc) is 3.27. The van der Waals surface area contributed by atoms with E-state index in [4.69, 9.17) is 14.2 Å². The van der Waals surface area contributed by atoms with Crippen molar-refractivity contribution in [2.24, 2.45) is 0 Å². The topological polar surface area (TPSA) is 78.9 Å². The number of esters is 3. The summed E-state index contributed by atoms with van der Waals surface area (Å²) in [5, 5.41) is 0. The van der Waals surface area contributed by atoms with Gasteiger partial charge in [-0.3, -0.25) is 14.4 Å². The molecule has 0 rings (SSSR count). The van der Waals surface area contributed by atoms with Gasteiger partial charge in [-0.1, -0.05) is 188 Å². The van der Waals surface area contributed by atoms with Crippen molar-refractivity contribution < 1.29 is 28.6 Å². The minimum absolute atomic E-state index is 0.104. The van der Waals surface area contributed by atoms with Crippen molar-refractivity contribution in [3.8, 4) is 0 Å². The molecule has 350 valence electrons. The second kappa shape index (κ2) is 49.7. The van der Waals surface area contributed by atoms with Crippen LogP contribution in [0.4, 0.5) is 0 Å².